The number of anilines is 2. The number of aromatic nitrogens is 2. The molecule has 2 rings (SSSR count). The standard InChI is InChI=1S/C15H17Cl2N3O3/c1-8-5-14(20(4)18-8)19(3)12-7-13(11(17)6-10(12)16)23-9(2)15(21)22/h5-7,9H,1-4H3,(H,21,22)/t9-/m0/s1. The van der Waals surface area contributed by atoms with Gasteiger partial charge >= 0.3 is 5.97 Å². The maximum Gasteiger partial charge on any atom is 0.344 e. The molecule has 6 nitrogen and oxygen atoms in total. The van der Waals surface area contributed by atoms with Gasteiger partial charge in [0.15, 0.2) is 6.10 Å². The van der Waals surface area contributed by atoms with Gasteiger partial charge < -0.3 is 14.7 Å². The first-order valence-corrected chi connectivity index (χ1v) is 7.59. The van der Waals surface area contributed by atoms with Gasteiger partial charge in [-0.2, -0.15) is 5.10 Å². The van der Waals surface area contributed by atoms with E-state index in [0.29, 0.717) is 10.7 Å². The van der Waals surface area contributed by atoms with Crippen LogP contribution in [0.5, 0.6) is 5.75 Å². The largest absolute Gasteiger partial charge is 0.479 e. The van der Waals surface area contributed by atoms with Crippen molar-refractivity contribution in [3.05, 3.63) is 33.9 Å². The minimum Gasteiger partial charge on any atom is -0.479 e. The highest BCUT2D eigenvalue weighted by atomic mass is 35.5. The van der Waals surface area contributed by atoms with Crippen LogP contribution in [0.1, 0.15) is 12.6 Å². The predicted octanol–water partition coefficient (Wildman–Crippen LogP) is 3.66. The van der Waals surface area contributed by atoms with E-state index in [9.17, 15) is 4.79 Å². The molecular formula is C15H17Cl2N3O3. The second kappa shape index (κ2) is 6.68. The number of aryl methyl sites for hydroxylation is 2. The summed E-state index contributed by atoms with van der Waals surface area (Å²) in [6.07, 6.45) is -1.02. The van der Waals surface area contributed by atoms with Crippen molar-refractivity contribution in [1.29, 1.82) is 0 Å². The molecule has 2 aromatic rings. The molecular weight excluding hydrogens is 341 g/mol. The van der Waals surface area contributed by atoms with Crippen molar-refractivity contribution in [2.45, 2.75) is 20.0 Å². The van der Waals surface area contributed by atoms with Crippen molar-refractivity contribution in [2.24, 2.45) is 7.05 Å². The number of halogens is 2. The van der Waals surface area contributed by atoms with Gasteiger partial charge in [0.25, 0.3) is 0 Å². The molecule has 1 aromatic carbocycles. The summed E-state index contributed by atoms with van der Waals surface area (Å²) in [6, 6.07) is 5.06. The summed E-state index contributed by atoms with van der Waals surface area (Å²) in [5.74, 6) is 0.00356. The average Bonchev–Trinajstić information content (AvgIpc) is 2.79. The highest BCUT2D eigenvalue weighted by molar-refractivity contribution is 6.37. The zero-order valence-corrected chi connectivity index (χ0v) is 14.7. The molecule has 124 valence electrons. The van der Waals surface area contributed by atoms with Gasteiger partial charge in [-0.1, -0.05) is 23.2 Å². The zero-order valence-electron chi connectivity index (χ0n) is 13.2. The van der Waals surface area contributed by atoms with Crippen LogP contribution in [0.15, 0.2) is 18.2 Å². The number of benzene rings is 1. The lowest BCUT2D eigenvalue weighted by atomic mass is 10.2. The maximum atomic E-state index is 11.0. The van der Waals surface area contributed by atoms with E-state index in [1.165, 1.54) is 13.0 Å². The number of carboxylic acids is 1. The quantitative estimate of drug-likeness (QED) is 0.884. The highest BCUT2D eigenvalue weighted by Gasteiger charge is 2.19. The number of hydrogen-bond acceptors (Lipinski definition) is 4. The van der Waals surface area contributed by atoms with Crippen molar-refractivity contribution in [2.75, 3.05) is 11.9 Å². The first-order chi connectivity index (χ1) is 10.7. The summed E-state index contributed by atoms with van der Waals surface area (Å²) < 4.78 is 7.11. The van der Waals surface area contributed by atoms with Crippen molar-refractivity contribution < 1.29 is 14.6 Å². The van der Waals surface area contributed by atoms with E-state index in [2.05, 4.69) is 5.10 Å². The van der Waals surface area contributed by atoms with Crippen molar-refractivity contribution in [3.63, 3.8) is 0 Å². The summed E-state index contributed by atoms with van der Waals surface area (Å²) in [5.41, 5.74) is 1.50. The number of carbonyl (C=O) groups is 1. The first kappa shape index (κ1) is 17.4. The van der Waals surface area contributed by atoms with E-state index in [4.69, 9.17) is 33.0 Å². The maximum absolute atomic E-state index is 11.0. The van der Waals surface area contributed by atoms with Crippen LogP contribution < -0.4 is 9.64 Å². The summed E-state index contributed by atoms with van der Waals surface area (Å²) in [6.45, 7) is 3.32. The van der Waals surface area contributed by atoms with E-state index in [1.807, 2.05) is 32.0 Å². The molecule has 8 heteroatoms. The second-order valence-corrected chi connectivity index (χ2v) is 5.97. The lowest BCUT2D eigenvalue weighted by Gasteiger charge is -2.22. The molecule has 0 saturated carbocycles. The van der Waals surface area contributed by atoms with E-state index < -0.39 is 12.1 Å². The Morgan fingerprint density at radius 2 is 2.00 bits per heavy atom. The fourth-order valence-electron chi connectivity index (χ4n) is 2.14. The van der Waals surface area contributed by atoms with Crippen molar-refractivity contribution >= 4 is 40.7 Å². The lowest BCUT2D eigenvalue weighted by Crippen LogP contribution is -2.23. The Hall–Kier alpha value is -1.92. The van der Waals surface area contributed by atoms with E-state index >= 15 is 0 Å². The number of rotatable bonds is 5. The van der Waals surface area contributed by atoms with Gasteiger partial charge in [-0.15, -0.1) is 0 Å². The Kier molecular flexibility index (Phi) is 5.06. The van der Waals surface area contributed by atoms with Crippen molar-refractivity contribution in [3.8, 4) is 5.75 Å². The SMILES string of the molecule is Cc1cc(N(C)c2cc(O[C@@H](C)C(=O)O)c(Cl)cc2Cl)n(C)n1. The minimum atomic E-state index is -1.08. The molecule has 0 fully saturated rings. The Labute approximate surface area is 144 Å². The van der Waals surface area contributed by atoms with E-state index in [0.717, 1.165) is 11.5 Å². The number of hydrogen-bond donors (Lipinski definition) is 1. The van der Waals surface area contributed by atoms with Crippen molar-refractivity contribution in [1.82, 2.24) is 9.78 Å². The Bertz CT molecular complexity index is 746. The van der Waals surface area contributed by atoms with Crippen LogP contribution in [-0.4, -0.2) is 34.0 Å². The van der Waals surface area contributed by atoms with Crippen LogP contribution in [0.2, 0.25) is 10.0 Å². The molecule has 1 N–H and O–H groups in total. The molecule has 0 aliphatic carbocycles. The molecule has 0 aliphatic rings. The molecule has 23 heavy (non-hydrogen) atoms. The summed E-state index contributed by atoms with van der Waals surface area (Å²) in [5, 5.41) is 13.9. The molecule has 0 aliphatic heterocycles. The monoisotopic (exact) mass is 357 g/mol. The van der Waals surface area contributed by atoms with Gasteiger partial charge in [0.05, 0.1) is 21.4 Å². The van der Waals surface area contributed by atoms with E-state index in [-0.39, 0.29) is 10.8 Å². The van der Waals surface area contributed by atoms with Gasteiger partial charge in [0.2, 0.25) is 0 Å². The molecule has 1 heterocycles. The highest BCUT2D eigenvalue weighted by Crippen LogP contribution is 2.38. The average molecular weight is 358 g/mol. The Morgan fingerprint density at radius 1 is 1.35 bits per heavy atom. The molecule has 0 radical (unpaired) electrons. The molecule has 0 unspecified atom stereocenters. The van der Waals surface area contributed by atoms with Crippen LogP contribution in [0.4, 0.5) is 11.5 Å². The smallest absolute Gasteiger partial charge is 0.344 e. The number of carboxylic acid groups (broad SMARTS) is 1. The van der Waals surface area contributed by atoms with Gasteiger partial charge in [-0.3, -0.25) is 4.68 Å². The zero-order chi connectivity index (χ0) is 17.3. The fourth-order valence-corrected chi connectivity index (χ4v) is 2.70. The number of ether oxygens (including phenoxy) is 1. The summed E-state index contributed by atoms with van der Waals surface area (Å²) >= 11 is 12.4. The van der Waals surface area contributed by atoms with Gasteiger partial charge in [-0.25, -0.2) is 4.79 Å². The van der Waals surface area contributed by atoms with E-state index in [1.54, 1.807) is 10.7 Å². The molecule has 1 aromatic heterocycles. The van der Waals surface area contributed by atoms with Crippen LogP contribution >= 0.6 is 23.2 Å². The normalized spacial score (nSPS) is 12.1. The second-order valence-electron chi connectivity index (χ2n) is 5.16. The molecule has 0 spiro atoms. The molecule has 0 saturated heterocycles. The molecule has 0 amide bonds. The number of aliphatic carboxylic acids is 1. The van der Waals surface area contributed by atoms with Gasteiger partial charge in [0.1, 0.15) is 11.6 Å². The predicted molar refractivity (Wildman–Crippen MR) is 90.2 cm³/mol. The third kappa shape index (κ3) is 3.71. The minimum absolute atomic E-state index is 0.251. The third-order valence-electron chi connectivity index (χ3n) is 3.34. The van der Waals surface area contributed by atoms with Crippen LogP contribution in [0.3, 0.4) is 0 Å². The molecule has 0 bridgehead atoms. The Balaban J connectivity index is 2.42. The Morgan fingerprint density at radius 3 is 2.52 bits per heavy atom. The summed E-state index contributed by atoms with van der Waals surface area (Å²) in [7, 11) is 3.66. The number of nitrogens with zero attached hydrogens (tertiary/aromatic N) is 3. The third-order valence-corrected chi connectivity index (χ3v) is 3.93. The van der Waals surface area contributed by atoms with Gasteiger partial charge in [-0.05, 0) is 19.9 Å². The fraction of sp³-hybridized carbons (Fsp3) is 0.333. The molecule has 1 atom stereocenters. The summed E-state index contributed by atoms with van der Waals surface area (Å²) in [4.78, 5) is 12.8. The van der Waals surface area contributed by atoms with Crippen LogP contribution in [-0.2, 0) is 11.8 Å². The van der Waals surface area contributed by atoms with Crippen LogP contribution in [0, 0.1) is 6.92 Å². The van der Waals surface area contributed by atoms with Crippen LogP contribution in [0.25, 0.3) is 0 Å². The first-order valence-electron chi connectivity index (χ1n) is 6.83. The lowest BCUT2D eigenvalue weighted by molar-refractivity contribution is -0.144. The van der Waals surface area contributed by atoms with Gasteiger partial charge in [0, 0.05) is 26.2 Å². The topological polar surface area (TPSA) is 67.6 Å².